The van der Waals surface area contributed by atoms with Crippen molar-refractivity contribution in [1.82, 2.24) is 0 Å². The quantitative estimate of drug-likeness (QED) is 0.289. The van der Waals surface area contributed by atoms with Crippen molar-refractivity contribution in [1.29, 1.82) is 0 Å². The average molecular weight is 297 g/mol. The van der Waals surface area contributed by atoms with Gasteiger partial charge < -0.3 is 13.3 Å². The molecule has 0 aromatic rings. The van der Waals surface area contributed by atoms with Crippen LogP contribution in [0.25, 0.3) is 0 Å². The summed E-state index contributed by atoms with van der Waals surface area (Å²) >= 11 is 5.74. The molecule has 0 fully saturated rings. The van der Waals surface area contributed by atoms with Gasteiger partial charge in [0.1, 0.15) is 0 Å². The standard InChI is InChI=1S/C13H29ClO3Si/c1-4-10-15-18(16-11-5-2,17-12-6-3)13-8-7-9-14/h4-13H2,1-3H3. The Kier molecular flexibility index (Phi) is 12.7. The van der Waals surface area contributed by atoms with Gasteiger partial charge in [-0.1, -0.05) is 20.8 Å². The molecule has 0 saturated carbocycles. The second-order valence-corrected chi connectivity index (χ2v) is 7.48. The predicted molar refractivity (Wildman–Crippen MR) is 79.2 cm³/mol. The molecule has 0 radical (unpaired) electrons. The molecule has 0 unspecified atom stereocenters. The molecule has 0 saturated heterocycles. The maximum Gasteiger partial charge on any atom is 0.500 e. The fourth-order valence-electron chi connectivity index (χ4n) is 1.55. The first-order valence-electron chi connectivity index (χ1n) is 7.22. The highest BCUT2D eigenvalue weighted by atomic mass is 35.5. The highest BCUT2D eigenvalue weighted by Crippen LogP contribution is 2.20. The molecule has 18 heavy (non-hydrogen) atoms. The van der Waals surface area contributed by atoms with Crippen LogP contribution in [0.5, 0.6) is 0 Å². The lowest BCUT2D eigenvalue weighted by Gasteiger charge is -2.29. The molecule has 0 aromatic heterocycles. The third-order valence-electron chi connectivity index (χ3n) is 2.44. The van der Waals surface area contributed by atoms with Gasteiger partial charge in [0.05, 0.1) is 0 Å². The van der Waals surface area contributed by atoms with E-state index in [1.165, 1.54) is 0 Å². The second kappa shape index (κ2) is 12.4. The molecule has 0 bridgehead atoms. The number of alkyl halides is 1. The van der Waals surface area contributed by atoms with Crippen molar-refractivity contribution in [3.05, 3.63) is 0 Å². The molecule has 110 valence electrons. The average Bonchev–Trinajstić information content (AvgIpc) is 2.40. The molecule has 0 N–H and O–H groups in total. The van der Waals surface area contributed by atoms with E-state index >= 15 is 0 Å². The van der Waals surface area contributed by atoms with E-state index in [0.29, 0.717) is 5.88 Å². The van der Waals surface area contributed by atoms with Crippen LogP contribution >= 0.6 is 11.6 Å². The first-order valence-corrected chi connectivity index (χ1v) is 9.69. The maximum absolute atomic E-state index is 5.98. The van der Waals surface area contributed by atoms with Gasteiger partial charge in [-0.15, -0.1) is 11.6 Å². The Morgan fingerprint density at radius 1 is 0.778 bits per heavy atom. The van der Waals surface area contributed by atoms with E-state index in [9.17, 15) is 0 Å². The van der Waals surface area contributed by atoms with Crippen LogP contribution in [0.3, 0.4) is 0 Å². The largest absolute Gasteiger partial charge is 0.500 e. The van der Waals surface area contributed by atoms with Crippen molar-refractivity contribution in [2.75, 3.05) is 25.7 Å². The molecule has 0 spiro atoms. The third kappa shape index (κ3) is 8.48. The second-order valence-electron chi connectivity index (χ2n) is 4.37. The zero-order valence-corrected chi connectivity index (χ0v) is 13.9. The van der Waals surface area contributed by atoms with E-state index in [0.717, 1.165) is 58.0 Å². The van der Waals surface area contributed by atoms with Crippen LogP contribution in [0.15, 0.2) is 0 Å². The van der Waals surface area contributed by atoms with Gasteiger partial charge in [-0.2, -0.15) is 0 Å². The molecular formula is C13H29ClO3Si. The topological polar surface area (TPSA) is 27.7 Å². The minimum Gasteiger partial charge on any atom is -0.373 e. The van der Waals surface area contributed by atoms with Gasteiger partial charge in [-0.05, 0) is 32.1 Å². The minimum atomic E-state index is -2.45. The Hall–Kier alpha value is 0.387. The minimum absolute atomic E-state index is 0.694. The van der Waals surface area contributed by atoms with E-state index in [-0.39, 0.29) is 0 Å². The van der Waals surface area contributed by atoms with Crippen molar-refractivity contribution in [3.63, 3.8) is 0 Å². The Morgan fingerprint density at radius 2 is 1.22 bits per heavy atom. The summed E-state index contributed by atoms with van der Waals surface area (Å²) in [6.07, 6.45) is 5.00. The van der Waals surface area contributed by atoms with E-state index in [1.54, 1.807) is 0 Å². The smallest absolute Gasteiger partial charge is 0.373 e. The van der Waals surface area contributed by atoms with Gasteiger partial charge >= 0.3 is 8.80 Å². The van der Waals surface area contributed by atoms with E-state index < -0.39 is 8.80 Å². The van der Waals surface area contributed by atoms with Gasteiger partial charge in [-0.3, -0.25) is 0 Å². The van der Waals surface area contributed by atoms with Crippen molar-refractivity contribution in [3.8, 4) is 0 Å². The molecule has 0 heterocycles. The molecule has 0 aliphatic heterocycles. The Bertz CT molecular complexity index is 160. The summed E-state index contributed by atoms with van der Waals surface area (Å²) < 4.78 is 17.9. The van der Waals surface area contributed by atoms with Crippen molar-refractivity contribution >= 4 is 20.4 Å². The van der Waals surface area contributed by atoms with Gasteiger partial charge in [-0.25, -0.2) is 0 Å². The molecular weight excluding hydrogens is 268 g/mol. The normalized spacial score (nSPS) is 12.0. The van der Waals surface area contributed by atoms with Crippen LogP contribution < -0.4 is 0 Å². The Morgan fingerprint density at radius 3 is 1.56 bits per heavy atom. The number of rotatable bonds is 13. The molecule has 0 atom stereocenters. The van der Waals surface area contributed by atoms with Gasteiger partial charge in [0.25, 0.3) is 0 Å². The van der Waals surface area contributed by atoms with Crippen LogP contribution in [-0.4, -0.2) is 34.5 Å². The van der Waals surface area contributed by atoms with Crippen molar-refractivity contribution in [2.24, 2.45) is 0 Å². The van der Waals surface area contributed by atoms with Gasteiger partial charge in [0, 0.05) is 31.7 Å². The van der Waals surface area contributed by atoms with Gasteiger partial charge in [0.15, 0.2) is 0 Å². The van der Waals surface area contributed by atoms with Gasteiger partial charge in [0.2, 0.25) is 0 Å². The lowest BCUT2D eigenvalue weighted by Crippen LogP contribution is -2.46. The Labute approximate surface area is 119 Å². The Balaban J connectivity index is 4.41. The fraction of sp³-hybridized carbons (Fsp3) is 1.00. The monoisotopic (exact) mass is 296 g/mol. The van der Waals surface area contributed by atoms with Crippen LogP contribution in [0.2, 0.25) is 6.04 Å². The zero-order valence-electron chi connectivity index (χ0n) is 12.2. The van der Waals surface area contributed by atoms with Crippen LogP contribution in [0.4, 0.5) is 0 Å². The fourth-order valence-corrected chi connectivity index (χ4v) is 4.65. The number of hydrogen-bond acceptors (Lipinski definition) is 3. The molecule has 0 rings (SSSR count). The predicted octanol–water partition coefficient (Wildman–Crippen LogP) is 4.22. The number of hydrogen-bond donors (Lipinski definition) is 0. The highest BCUT2D eigenvalue weighted by molar-refractivity contribution is 6.60. The van der Waals surface area contributed by atoms with E-state index in [2.05, 4.69) is 20.8 Å². The zero-order chi connectivity index (χ0) is 13.7. The highest BCUT2D eigenvalue weighted by Gasteiger charge is 2.40. The summed E-state index contributed by atoms with van der Waals surface area (Å²) in [5, 5.41) is 0. The van der Waals surface area contributed by atoms with Crippen LogP contribution in [0, 0.1) is 0 Å². The lowest BCUT2D eigenvalue weighted by molar-refractivity contribution is 0.0587. The first-order chi connectivity index (χ1) is 8.74. The third-order valence-corrected chi connectivity index (χ3v) is 5.61. The number of halogens is 1. The van der Waals surface area contributed by atoms with Crippen molar-refractivity contribution in [2.45, 2.75) is 58.9 Å². The summed E-state index contributed by atoms with van der Waals surface area (Å²) in [5.74, 6) is 0.694. The van der Waals surface area contributed by atoms with E-state index in [4.69, 9.17) is 24.9 Å². The summed E-state index contributed by atoms with van der Waals surface area (Å²) in [4.78, 5) is 0. The van der Waals surface area contributed by atoms with Crippen molar-refractivity contribution < 1.29 is 13.3 Å². The number of unbranched alkanes of at least 4 members (excludes halogenated alkanes) is 1. The molecule has 0 amide bonds. The molecule has 5 heteroatoms. The summed E-state index contributed by atoms with van der Waals surface area (Å²) in [6, 6.07) is 0.889. The first kappa shape index (κ1) is 18.4. The van der Waals surface area contributed by atoms with E-state index in [1.807, 2.05) is 0 Å². The molecule has 0 aliphatic rings. The SMILES string of the molecule is CCCO[Si](CCCCCl)(OCCC)OCCC. The molecule has 0 aromatic carbocycles. The summed E-state index contributed by atoms with van der Waals surface area (Å²) in [5.41, 5.74) is 0. The molecule has 3 nitrogen and oxygen atoms in total. The maximum atomic E-state index is 5.98. The molecule has 0 aliphatic carbocycles. The summed E-state index contributed by atoms with van der Waals surface area (Å²) in [7, 11) is -2.45. The van der Waals surface area contributed by atoms with Crippen LogP contribution in [-0.2, 0) is 13.3 Å². The lowest BCUT2D eigenvalue weighted by atomic mass is 10.4. The summed E-state index contributed by atoms with van der Waals surface area (Å²) in [6.45, 7) is 8.49. The van der Waals surface area contributed by atoms with Crippen LogP contribution in [0.1, 0.15) is 52.9 Å².